The van der Waals surface area contributed by atoms with Gasteiger partial charge in [-0.15, -0.1) is 0 Å². The minimum absolute atomic E-state index is 0.0661. The molecule has 1 rings (SSSR count). The quantitative estimate of drug-likeness (QED) is 0.275. The minimum Gasteiger partial charge on any atom is -0.541 e. The highest BCUT2D eigenvalue weighted by molar-refractivity contribution is 6.76. The molecule has 0 saturated carbocycles. The number of benzene rings is 1. The second-order valence-corrected chi connectivity index (χ2v) is 15.7. The Morgan fingerprint density at radius 1 is 1.23 bits per heavy atom. The lowest BCUT2D eigenvalue weighted by atomic mass is 9.98. The van der Waals surface area contributed by atoms with Gasteiger partial charge in [0.1, 0.15) is 29.8 Å². The van der Waals surface area contributed by atoms with Crippen LogP contribution in [0.4, 0.5) is 4.79 Å². The number of carbonyl (C=O) groups is 1. The number of carbonyl (C=O) groups excluding carboxylic acids is 1. The Bertz CT molecular complexity index is 876. The van der Waals surface area contributed by atoms with Crippen LogP contribution in [0.3, 0.4) is 0 Å². The van der Waals surface area contributed by atoms with Crippen LogP contribution in [0.1, 0.15) is 65.7 Å². The number of hydrogen-bond acceptors (Lipinski definition) is 7. The van der Waals surface area contributed by atoms with Crippen molar-refractivity contribution in [3.05, 3.63) is 29.8 Å². The van der Waals surface area contributed by atoms with Crippen LogP contribution in [0.15, 0.2) is 18.7 Å². The first-order valence-electron chi connectivity index (χ1n) is 12.0. The van der Waals surface area contributed by atoms with Crippen molar-refractivity contribution in [1.82, 2.24) is 5.32 Å². The van der Waals surface area contributed by atoms with E-state index in [9.17, 15) is 15.0 Å². The number of methoxy groups -OCH3 is 1. The number of hydrogen-bond donors (Lipinski definition) is 3. The number of nitrogens with one attached hydrogen (secondary N) is 1. The number of ether oxygens (including phenoxy) is 3. The van der Waals surface area contributed by atoms with Gasteiger partial charge in [-0.25, -0.2) is 4.79 Å². The molecule has 1 amide bonds. The molecule has 0 aliphatic heterocycles. The van der Waals surface area contributed by atoms with Gasteiger partial charge in [-0.2, -0.15) is 0 Å². The summed E-state index contributed by atoms with van der Waals surface area (Å²) in [6, 6.07) is 1.50. The lowest BCUT2D eigenvalue weighted by Crippen LogP contribution is -2.46. The zero-order valence-electron chi connectivity index (χ0n) is 23.1. The largest absolute Gasteiger partial charge is 0.541 e. The van der Waals surface area contributed by atoms with Gasteiger partial charge in [-0.05, 0) is 51.4 Å². The molecular formula is C26H45NO7Si. The van der Waals surface area contributed by atoms with E-state index in [0.29, 0.717) is 28.4 Å². The van der Waals surface area contributed by atoms with Crippen molar-refractivity contribution in [2.45, 2.75) is 90.8 Å². The van der Waals surface area contributed by atoms with Crippen LogP contribution in [-0.4, -0.2) is 56.6 Å². The van der Waals surface area contributed by atoms with Gasteiger partial charge in [0.2, 0.25) is 0 Å². The molecule has 0 fully saturated rings. The van der Waals surface area contributed by atoms with Crippen molar-refractivity contribution < 1.29 is 33.6 Å². The molecule has 3 N–H and O–H groups in total. The highest BCUT2D eigenvalue weighted by atomic mass is 28.4. The van der Waals surface area contributed by atoms with Gasteiger partial charge in [0, 0.05) is 11.1 Å². The molecule has 0 heterocycles. The van der Waals surface area contributed by atoms with Crippen LogP contribution < -0.4 is 19.2 Å². The predicted octanol–water partition coefficient (Wildman–Crippen LogP) is 5.26. The molecule has 0 spiro atoms. The average Bonchev–Trinajstić information content (AvgIpc) is 2.74. The molecule has 0 saturated heterocycles. The molecule has 0 aliphatic carbocycles. The Balaban J connectivity index is 3.62. The van der Waals surface area contributed by atoms with Gasteiger partial charge in [0.05, 0.1) is 19.8 Å². The van der Waals surface area contributed by atoms with Crippen LogP contribution >= 0.6 is 0 Å². The molecule has 200 valence electrons. The summed E-state index contributed by atoms with van der Waals surface area (Å²) in [6.07, 6.45) is -0.469. The van der Waals surface area contributed by atoms with Crippen LogP contribution in [0.5, 0.6) is 17.2 Å². The fourth-order valence-electron chi connectivity index (χ4n) is 3.56. The Hall–Kier alpha value is -2.23. The van der Waals surface area contributed by atoms with E-state index in [1.807, 2.05) is 6.92 Å². The third-order valence-corrected chi connectivity index (χ3v) is 11.4. The van der Waals surface area contributed by atoms with E-state index >= 15 is 0 Å². The summed E-state index contributed by atoms with van der Waals surface area (Å²) in [6.45, 7) is 21.1. The van der Waals surface area contributed by atoms with E-state index in [1.54, 1.807) is 40.0 Å². The van der Waals surface area contributed by atoms with E-state index in [0.717, 1.165) is 6.04 Å². The summed E-state index contributed by atoms with van der Waals surface area (Å²) in [7, 11) is -0.722. The van der Waals surface area contributed by atoms with Crippen LogP contribution in [0.2, 0.25) is 17.6 Å². The molecule has 9 heteroatoms. The van der Waals surface area contributed by atoms with E-state index in [2.05, 4.69) is 46.1 Å². The predicted molar refractivity (Wildman–Crippen MR) is 141 cm³/mol. The lowest BCUT2D eigenvalue weighted by molar-refractivity contribution is 0.0345. The monoisotopic (exact) mass is 511 g/mol. The maximum absolute atomic E-state index is 12.4. The highest BCUT2D eigenvalue weighted by Crippen LogP contribution is 2.47. The molecule has 1 aromatic rings. The van der Waals surface area contributed by atoms with Crippen LogP contribution in [0, 0.1) is 6.92 Å². The zero-order chi connectivity index (χ0) is 27.2. The molecule has 0 aromatic heterocycles. The van der Waals surface area contributed by atoms with Crippen LogP contribution in [0.25, 0.3) is 0 Å². The minimum atomic E-state index is -2.28. The van der Waals surface area contributed by atoms with E-state index in [-0.39, 0.29) is 11.6 Å². The molecular weight excluding hydrogens is 466 g/mol. The first kappa shape index (κ1) is 30.8. The highest BCUT2D eigenvalue weighted by Gasteiger charge is 2.43. The van der Waals surface area contributed by atoms with Gasteiger partial charge in [-0.3, -0.25) is 0 Å². The maximum atomic E-state index is 12.4. The van der Waals surface area contributed by atoms with E-state index in [1.165, 1.54) is 0 Å². The molecule has 3 atom stereocenters. The van der Waals surface area contributed by atoms with Gasteiger partial charge in [0.15, 0.2) is 5.75 Å². The molecule has 35 heavy (non-hydrogen) atoms. The van der Waals surface area contributed by atoms with Crippen molar-refractivity contribution >= 4 is 14.4 Å². The summed E-state index contributed by atoms with van der Waals surface area (Å²) < 4.78 is 23.6. The third kappa shape index (κ3) is 7.88. The molecule has 0 radical (unpaired) electrons. The van der Waals surface area contributed by atoms with Crippen molar-refractivity contribution in [3.8, 4) is 17.2 Å². The fraction of sp³-hybridized carbons (Fsp3) is 0.654. The first-order chi connectivity index (χ1) is 16.0. The second kappa shape index (κ2) is 12.1. The zero-order valence-corrected chi connectivity index (χ0v) is 24.1. The van der Waals surface area contributed by atoms with Crippen molar-refractivity contribution in [3.63, 3.8) is 0 Å². The summed E-state index contributed by atoms with van der Waals surface area (Å²) in [5, 5.41) is 23.8. The van der Waals surface area contributed by atoms with Crippen LogP contribution in [-0.2, 0) is 4.74 Å². The smallest absolute Gasteiger partial charge is 0.408 e. The number of aliphatic hydroxyl groups excluding tert-OH is 2. The second-order valence-electron chi connectivity index (χ2n) is 10.9. The lowest BCUT2D eigenvalue weighted by Gasteiger charge is -2.39. The Morgan fingerprint density at radius 3 is 2.26 bits per heavy atom. The number of amides is 1. The fourth-order valence-corrected chi connectivity index (χ4v) is 5.71. The molecule has 8 nitrogen and oxygen atoms in total. The SMILES string of the molecule is C=CCOc1c([C@@H](O)[C@@H](CO)NC(=O)OC(C)(C)C)cc(O[Si](C)(CC)C(C)(C)C)c(OC)c1C. The third-order valence-electron chi connectivity index (χ3n) is 6.20. The first-order valence-corrected chi connectivity index (χ1v) is 14.6. The van der Waals surface area contributed by atoms with Gasteiger partial charge >= 0.3 is 6.09 Å². The number of aliphatic hydroxyl groups is 2. The maximum Gasteiger partial charge on any atom is 0.408 e. The Labute approximate surface area is 211 Å². The Kier molecular flexibility index (Phi) is 10.7. The average molecular weight is 512 g/mol. The van der Waals surface area contributed by atoms with E-state index in [4.69, 9.17) is 18.6 Å². The summed E-state index contributed by atoms with van der Waals surface area (Å²) >= 11 is 0. The number of rotatable bonds is 11. The molecule has 1 aromatic carbocycles. The standard InChI is InChI=1S/C26H45NO7Si/c1-12-14-32-22-17(3)23(31-10)20(34-35(11,13-2)26(7,8)9)15-18(22)21(29)19(16-28)27-24(30)33-25(4,5)6/h12,15,19,21,28-29H,1,13-14,16H2,2-11H3,(H,27,30)/t19-,21-,35?/m1/s1. The van der Waals surface area contributed by atoms with Crippen molar-refractivity contribution in [2.75, 3.05) is 20.3 Å². The van der Waals surface area contributed by atoms with E-state index < -0.39 is 38.8 Å². The number of alkyl carbamates (subject to hydrolysis) is 1. The summed E-state index contributed by atoms with van der Waals surface area (Å²) in [5.74, 6) is 1.38. The topological polar surface area (TPSA) is 106 Å². The molecule has 0 bridgehead atoms. The van der Waals surface area contributed by atoms with Crippen molar-refractivity contribution in [2.24, 2.45) is 0 Å². The van der Waals surface area contributed by atoms with Crippen molar-refractivity contribution in [1.29, 1.82) is 0 Å². The molecule has 0 aliphatic rings. The normalized spacial score (nSPS) is 15.4. The summed E-state index contributed by atoms with van der Waals surface area (Å²) in [4.78, 5) is 12.4. The van der Waals surface area contributed by atoms with Gasteiger partial charge < -0.3 is 34.2 Å². The van der Waals surface area contributed by atoms with Gasteiger partial charge in [-0.1, -0.05) is 40.3 Å². The molecule has 1 unspecified atom stereocenters. The van der Waals surface area contributed by atoms with Gasteiger partial charge in [0.25, 0.3) is 8.32 Å². The summed E-state index contributed by atoms with van der Waals surface area (Å²) in [5.41, 5.74) is 0.264. The Morgan fingerprint density at radius 2 is 1.83 bits per heavy atom.